The highest BCUT2D eigenvalue weighted by Crippen LogP contribution is 2.16. The van der Waals surface area contributed by atoms with Crippen LogP contribution in [0.15, 0.2) is 47.1 Å². The van der Waals surface area contributed by atoms with E-state index >= 15 is 0 Å². The summed E-state index contributed by atoms with van der Waals surface area (Å²) in [5.41, 5.74) is 1.65. The second-order valence-corrected chi connectivity index (χ2v) is 5.35. The molecule has 1 aromatic carbocycles. The maximum absolute atomic E-state index is 12.7. The van der Waals surface area contributed by atoms with Crippen LogP contribution in [-0.4, -0.2) is 29.1 Å². The van der Waals surface area contributed by atoms with Crippen LogP contribution < -0.4 is 0 Å². The van der Waals surface area contributed by atoms with Crippen LogP contribution in [0.4, 0.5) is 0 Å². The van der Waals surface area contributed by atoms with Gasteiger partial charge in [0.05, 0.1) is 11.8 Å². The van der Waals surface area contributed by atoms with Gasteiger partial charge in [-0.15, -0.1) is 0 Å². The van der Waals surface area contributed by atoms with E-state index in [0.717, 1.165) is 5.56 Å². The molecule has 1 amide bonds. The zero-order valence-electron chi connectivity index (χ0n) is 12.5. The number of hydrogen-bond donors (Lipinski definition) is 1. The van der Waals surface area contributed by atoms with Gasteiger partial charge < -0.3 is 14.4 Å². The summed E-state index contributed by atoms with van der Waals surface area (Å²) in [7, 11) is 0. The lowest BCUT2D eigenvalue weighted by Crippen LogP contribution is -2.35. The van der Waals surface area contributed by atoms with Gasteiger partial charge in [-0.25, -0.2) is 0 Å². The number of amides is 1. The molecule has 1 heterocycles. The predicted octanol–water partition coefficient (Wildman–Crippen LogP) is 2.86. The van der Waals surface area contributed by atoms with Crippen LogP contribution in [0.1, 0.15) is 28.6 Å². The number of hydrogen-bond acceptors (Lipinski definition) is 3. The summed E-state index contributed by atoms with van der Waals surface area (Å²) in [6.45, 7) is 4.79. The molecule has 1 atom stereocenters. The third kappa shape index (κ3) is 3.95. The van der Waals surface area contributed by atoms with Gasteiger partial charge >= 0.3 is 0 Å². The Kier molecular flexibility index (Phi) is 5.17. The molecule has 2 aromatic rings. The Labute approximate surface area is 125 Å². The van der Waals surface area contributed by atoms with Crippen molar-refractivity contribution in [2.75, 3.05) is 13.2 Å². The second-order valence-electron chi connectivity index (χ2n) is 5.35. The van der Waals surface area contributed by atoms with Crippen LogP contribution >= 0.6 is 0 Å². The smallest absolute Gasteiger partial charge is 0.257 e. The first-order chi connectivity index (χ1) is 10.1. The first-order valence-corrected chi connectivity index (χ1v) is 7.10. The molecule has 4 heteroatoms. The van der Waals surface area contributed by atoms with Crippen molar-refractivity contribution in [2.24, 2.45) is 5.92 Å². The number of carbonyl (C=O) groups excluding carboxylic acids is 1. The van der Waals surface area contributed by atoms with Gasteiger partial charge in [-0.3, -0.25) is 4.79 Å². The molecule has 0 fully saturated rings. The summed E-state index contributed by atoms with van der Waals surface area (Å²) in [5, 5.41) is 9.26. The van der Waals surface area contributed by atoms with Gasteiger partial charge in [-0.05, 0) is 24.5 Å². The fraction of sp³-hybridized carbons (Fsp3) is 0.353. The number of nitrogens with zero attached hydrogens (tertiary/aromatic N) is 1. The quantitative estimate of drug-likeness (QED) is 0.889. The topological polar surface area (TPSA) is 53.7 Å². The lowest BCUT2D eigenvalue weighted by Gasteiger charge is -2.25. The molecule has 0 radical (unpaired) electrons. The minimum atomic E-state index is -0.0644. The first-order valence-electron chi connectivity index (χ1n) is 7.10. The number of rotatable bonds is 6. The van der Waals surface area contributed by atoms with Crippen molar-refractivity contribution in [1.29, 1.82) is 0 Å². The summed E-state index contributed by atoms with van der Waals surface area (Å²) in [6.07, 6.45) is 1.53. The Morgan fingerprint density at radius 3 is 2.57 bits per heavy atom. The van der Waals surface area contributed by atoms with Crippen molar-refractivity contribution in [2.45, 2.75) is 20.4 Å². The minimum absolute atomic E-state index is 0.0323. The van der Waals surface area contributed by atoms with Crippen molar-refractivity contribution in [3.63, 3.8) is 0 Å². The molecular formula is C17H21NO3. The predicted molar refractivity (Wildman–Crippen MR) is 80.9 cm³/mol. The number of benzene rings is 1. The normalized spacial score (nSPS) is 12.1. The molecule has 0 unspecified atom stereocenters. The zero-order valence-corrected chi connectivity index (χ0v) is 12.5. The molecule has 21 heavy (non-hydrogen) atoms. The first kappa shape index (κ1) is 15.3. The molecule has 0 saturated carbocycles. The van der Waals surface area contributed by atoms with E-state index in [4.69, 9.17) is 4.42 Å². The molecule has 1 N–H and O–H groups in total. The van der Waals surface area contributed by atoms with Crippen LogP contribution in [0.25, 0.3) is 0 Å². The molecule has 2 rings (SSSR count). The van der Waals surface area contributed by atoms with Gasteiger partial charge in [0.15, 0.2) is 0 Å². The summed E-state index contributed by atoms with van der Waals surface area (Å²) in [6, 6.07) is 11.5. The summed E-state index contributed by atoms with van der Waals surface area (Å²) < 4.78 is 5.22. The highest BCUT2D eigenvalue weighted by Gasteiger charge is 2.21. The average Bonchev–Trinajstić information content (AvgIpc) is 2.93. The SMILES string of the molecule is Cc1occc1C(=O)N(Cc1ccccc1)C[C@@H](C)CO. The third-order valence-corrected chi connectivity index (χ3v) is 3.44. The molecule has 1 aromatic heterocycles. The van der Waals surface area contributed by atoms with Crippen molar-refractivity contribution in [1.82, 2.24) is 4.90 Å². The number of aryl methyl sites for hydroxylation is 1. The molecular weight excluding hydrogens is 266 g/mol. The van der Waals surface area contributed by atoms with Crippen molar-refractivity contribution in [3.05, 3.63) is 59.5 Å². The second kappa shape index (κ2) is 7.09. The Morgan fingerprint density at radius 1 is 1.29 bits per heavy atom. The van der Waals surface area contributed by atoms with E-state index in [1.165, 1.54) is 6.26 Å². The van der Waals surface area contributed by atoms with E-state index in [1.807, 2.05) is 37.3 Å². The standard InChI is InChI=1S/C17H21NO3/c1-13(12-19)10-18(11-15-6-4-3-5-7-15)17(20)16-8-9-21-14(16)2/h3-9,13,19H,10-12H2,1-2H3/t13-/m1/s1. The van der Waals surface area contributed by atoms with E-state index in [2.05, 4.69) is 0 Å². The Morgan fingerprint density at radius 2 is 2.00 bits per heavy atom. The monoisotopic (exact) mass is 287 g/mol. The minimum Gasteiger partial charge on any atom is -0.469 e. The van der Waals surface area contributed by atoms with Gasteiger partial charge in [0, 0.05) is 19.7 Å². The average molecular weight is 287 g/mol. The molecule has 0 aliphatic rings. The maximum Gasteiger partial charge on any atom is 0.257 e. The highest BCUT2D eigenvalue weighted by molar-refractivity contribution is 5.95. The molecule has 0 aliphatic heterocycles. The number of aliphatic hydroxyl groups is 1. The van der Waals surface area contributed by atoms with Crippen molar-refractivity contribution >= 4 is 5.91 Å². The van der Waals surface area contributed by atoms with E-state index in [0.29, 0.717) is 24.4 Å². The van der Waals surface area contributed by atoms with E-state index < -0.39 is 0 Å². The fourth-order valence-electron chi connectivity index (χ4n) is 2.23. The van der Waals surface area contributed by atoms with Crippen LogP contribution in [0, 0.1) is 12.8 Å². The third-order valence-electron chi connectivity index (χ3n) is 3.44. The lowest BCUT2D eigenvalue weighted by molar-refractivity contribution is 0.0693. The van der Waals surface area contributed by atoms with Gasteiger partial charge in [-0.2, -0.15) is 0 Å². The Bertz CT molecular complexity index is 577. The van der Waals surface area contributed by atoms with Crippen LogP contribution in [0.3, 0.4) is 0 Å². The molecule has 112 valence electrons. The molecule has 0 bridgehead atoms. The van der Waals surface area contributed by atoms with Gasteiger partial charge in [0.25, 0.3) is 5.91 Å². The molecule has 0 aliphatic carbocycles. The molecule has 0 spiro atoms. The largest absolute Gasteiger partial charge is 0.469 e. The van der Waals surface area contributed by atoms with Gasteiger partial charge in [0.2, 0.25) is 0 Å². The van der Waals surface area contributed by atoms with Crippen LogP contribution in [-0.2, 0) is 6.54 Å². The summed E-state index contributed by atoms with van der Waals surface area (Å²) in [4.78, 5) is 14.4. The van der Waals surface area contributed by atoms with Gasteiger partial charge in [0.1, 0.15) is 5.76 Å². The van der Waals surface area contributed by atoms with E-state index in [1.54, 1.807) is 17.9 Å². The Balaban J connectivity index is 2.19. The number of aliphatic hydroxyl groups excluding tert-OH is 1. The lowest BCUT2D eigenvalue weighted by atomic mass is 10.1. The van der Waals surface area contributed by atoms with Crippen LogP contribution in [0.5, 0.6) is 0 Å². The van der Waals surface area contributed by atoms with Crippen molar-refractivity contribution < 1.29 is 14.3 Å². The zero-order chi connectivity index (χ0) is 15.2. The van der Waals surface area contributed by atoms with E-state index in [9.17, 15) is 9.90 Å². The summed E-state index contributed by atoms with van der Waals surface area (Å²) in [5.74, 6) is 0.588. The van der Waals surface area contributed by atoms with Crippen molar-refractivity contribution in [3.8, 4) is 0 Å². The highest BCUT2D eigenvalue weighted by atomic mass is 16.3. The number of furan rings is 1. The number of carbonyl (C=O) groups is 1. The summed E-state index contributed by atoms with van der Waals surface area (Å²) >= 11 is 0. The van der Waals surface area contributed by atoms with Gasteiger partial charge in [-0.1, -0.05) is 37.3 Å². The molecule has 0 saturated heterocycles. The maximum atomic E-state index is 12.7. The fourth-order valence-corrected chi connectivity index (χ4v) is 2.23. The van der Waals surface area contributed by atoms with E-state index in [-0.39, 0.29) is 18.4 Å². The Hall–Kier alpha value is -2.07. The van der Waals surface area contributed by atoms with Crippen LogP contribution in [0.2, 0.25) is 0 Å². The molecule has 4 nitrogen and oxygen atoms in total.